The van der Waals surface area contributed by atoms with E-state index in [9.17, 15) is 4.79 Å². The van der Waals surface area contributed by atoms with Crippen molar-refractivity contribution in [2.75, 3.05) is 12.4 Å². The first-order valence-corrected chi connectivity index (χ1v) is 5.01. The molecule has 0 aromatic carbocycles. The number of urea groups is 1. The standard InChI is InChI=1S/C7H7Br2N3O/c1-10-7(13)12-5-3-11-2-4(8)6(5)9/h2-3H,1H3,(H2,10,12,13). The first-order chi connectivity index (χ1) is 6.15. The summed E-state index contributed by atoms with van der Waals surface area (Å²) < 4.78 is 1.56. The molecule has 0 spiro atoms. The average molecular weight is 309 g/mol. The third-order valence-electron chi connectivity index (χ3n) is 1.31. The van der Waals surface area contributed by atoms with Crippen LogP contribution in [0.2, 0.25) is 0 Å². The topological polar surface area (TPSA) is 54.0 Å². The van der Waals surface area contributed by atoms with E-state index in [4.69, 9.17) is 0 Å². The molecule has 1 aromatic heterocycles. The van der Waals surface area contributed by atoms with Gasteiger partial charge in [-0.3, -0.25) is 4.98 Å². The van der Waals surface area contributed by atoms with Crippen LogP contribution in [0.25, 0.3) is 0 Å². The van der Waals surface area contributed by atoms with E-state index < -0.39 is 0 Å². The van der Waals surface area contributed by atoms with E-state index in [-0.39, 0.29) is 6.03 Å². The molecule has 1 aromatic rings. The Labute approximate surface area is 92.4 Å². The van der Waals surface area contributed by atoms with E-state index in [2.05, 4.69) is 47.5 Å². The van der Waals surface area contributed by atoms with Gasteiger partial charge < -0.3 is 10.6 Å². The van der Waals surface area contributed by atoms with Gasteiger partial charge in [0.15, 0.2) is 0 Å². The molecular formula is C7H7Br2N3O. The zero-order valence-corrected chi connectivity index (χ0v) is 9.94. The maximum Gasteiger partial charge on any atom is 0.319 e. The molecule has 13 heavy (non-hydrogen) atoms. The zero-order valence-electron chi connectivity index (χ0n) is 6.77. The molecule has 0 bridgehead atoms. The van der Waals surface area contributed by atoms with Gasteiger partial charge in [-0.2, -0.15) is 0 Å². The van der Waals surface area contributed by atoms with Crippen molar-refractivity contribution in [3.05, 3.63) is 21.3 Å². The number of aromatic nitrogens is 1. The fraction of sp³-hybridized carbons (Fsp3) is 0.143. The fourth-order valence-corrected chi connectivity index (χ4v) is 1.33. The van der Waals surface area contributed by atoms with E-state index in [1.54, 1.807) is 19.4 Å². The summed E-state index contributed by atoms with van der Waals surface area (Å²) in [6.07, 6.45) is 3.20. The van der Waals surface area contributed by atoms with Crippen LogP contribution in [-0.2, 0) is 0 Å². The lowest BCUT2D eigenvalue weighted by Gasteiger charge is -2.06. The van der Waals surface area contributed by atoms with Gasteiger partial charge >= 0.3 is 6.03 Å². The highest BCUT2D eigenvalue weighted by Crippen LogP contribution is 2.28. The Morgan fingerprint density at radius 2 is 2.15 bits per heavy atom. The average Bonchev–Trinajstić information content (AvgIpc) is 2.13. The van der Waals surface area contributed by atoms with Crippen molar-refractivity contribution in [1.29, 1.82) is 0 Å². The van der Waals surface area contributed by atoms with Gasteiger partial charge in [-0.1, -0.05) is 0 Å². The van der Waals surface area contributed by atoms with Crippen LogP contribution in [-0.4, -0.2) is 18.1 Å². The van der Waals surface area contributed by atoms with Crippen LogP contribution in [0.15, 0.2) is 21.3 Å². The number of anilines is 1. The summed E-state index contributed by atoms with van der Waals surface area (Å²) in [4.78, 5) is 14.9. The number of nitrogens with one attached hydrogen (secondary N) is 2. The Bertz CT molecular complexity index is 330. The lowest BCUT2D eigenvalue weighted by atomic mass is 10.4. The normalized spacial score (nSPS) is 9.46. The maximum atomic E-state index is 11.0. The molecule has 6 heteroatoms. The number of carbonyl (C=O) groups excluding carboxylic acids is 1. The van der Waals surface area contributed by atoms with Crippen LogP contribution in [0.4, 0.5) is 10.5 Å². The lowest BCUT2D eigenvalue weighted by Crippen LogP contribution is -2.24. The molecule has 0 saturated carbocycles. The van der Waals surface area contributed by atoms with Gasteiger partial charge in [-0.15, -0.1) is 0 Å². The minimum absolute atomic E-state index is 0.277. The van der Waals surface area contributed by atoms with Gasteiger partial charge in [0.1, 0.15) is 0 Å². The van der Waals surface area contributed by atoms with Crippen LogP contribution in [0.3, 0.4) is 0 Å². The van der Waals surface area contributed by atoms with Crippen molar-refractivity contribution in [3.8, 4) is 0 Å². The van der Waals surface area contributed by atoms with E-state index in [0.29, 0.717) is 5.69 Å². The second kappa shape index (κ2) is 4.57. The molecule has 0 atom stereocenters. The molecule has 0 aliphatic carbocycles. The Morgan fingerprint density at radius 3 is 2.77 bits per heavy atom. The largest absolute Gasteiger partial charge is 0.341 e. The summed E-state index contributed by atoms with van der Waals surface area (Å²) in [5.74, 6) is 0. The Balaban J connectivity index is 2.89. The number of carbonyl (C=O) groups is 1. The van der Waals surface area contributed by atoms with Gasteiger partial charge in [-0.25, -0.2) is 4.79 Å². The lowest BCUT2D eigenvalue weighted by molar-refractivity contribution is 0.254. The SMILES string of the molecule is CNC(=O)Nc1cncc(Br)c1Br. The third kappa shape index (κ3) is 2.67. The van der Waals surface area contributed by atoms with Crippen molar-refractivity contribution in [2.24, 2.45) is 0 Å². The molecule has 0 aliphatic rings. The molecule has 1 rings (SSSR count). The predicted molar refractivity (Wildman–Crippen MR) is 57.7 cm³/mol. The molecule has 0 saturated heterocycles. The molecule has 0 unspecified atom stereocenters. The first-order valence-electron chi connectivity index (χ1n) is 3.43. The van der Waals surface area contributed by atoms with E-state index in [1.165, 1.54) is 0 Å². The summed E-state index contributed by atoms with van der Waals surface area (Å²) in [6.45, 7) is 0. The highest BCUT2D eigenvalue weighted by molar-refractivity contribution is 9.13. The summed E-state index contributed by atoms with van der Waals surface area (Å²) in [5.41, 5.74) is 0.619. The summed E-state index contributed by atoms with van der Waals surface area (Å²) >= 11 is 6.59. The highest BCUT2D eigenvalue weighted by Gasteiger charge is 2.06. The summed E-state index contributed by atoms with van der Waals surface area (Å²) in [6, 6.07) is -0.277. The number of rotatable bonds is 1. The van der Waals surface area contributed by atoms with E-state index >= 15 is 0 Å². The Hall–Kier alpha value is -0.620. The molecule has 1 heterocycles. The van der Waals surface area contributed by atoms with Crippen LogP contribution in [0.1, 0.15) is 0 Å². The van der Waals surface area contributed by atoms with Gasteiger partial charge in [0, 0.05) is 13.2 Å². The molecule has 70 valence electrons. The Morgan fingerprint density at radius 1 is 1.46 bits per heavy atom. The number of hydrogen-bond donors (Lipinski definition) is 2. The molecule has 2 N–H and O–H groups in total. The van der Waals surface area contributed by atoms with E-state index in [0.717, 1.165) is 8.95 Å². The van der Waals surface area contributed by atoms with Gasteiger partial charge in [0.2, 0.25) is 0 Å². The minimum atomic E-state index is -0.277. The highest BCUT2D eigenvalue weighted by atomic mass is 79.9. The number of amides is 2. The van der Waals surface area contributed by atoms with Crippen LogP contribution in [0, 0.1) is 0 Å². The minimum Gasteiger partial charge on any atom is -0.341 e. The molecular weight excluding hydrogens is 302 g/mol. The third-order valence-corrected chi connectivity index (χ3v) is 3.30. The predicted octanol–water partition coefficient (Wildman–Crippen LogP) is 2.36. The molecule has 2 amide bonds. The monoisotopic (exact) mass is 307 g/mol. The second-order valence-electron chi connectivity index (χ2n) is 2.19. The number of nitrogens with zero attached hydrogens (tertiary/aromatic N) is 1. The fourth-order valence-electron chi connectivity index (χ4n) is 0.691. The second-order valence-corrected chi connectivity index (χ2v) is 3.83. The van der Waals surface area contributed by atoms with Crippen LogP contribution in [0.5, 0.6) is 0 Å². The van der Waals surface area contributed by atoms with E-state index in [1.807, 2.05) is 0 Å². The molecule has 0 fully saturated rings. The van der Waals surface area contributed by atoms with Crippen molar-refractivity contribution in [2.45, 2.75) is 0 Å². The Kier molecular flexibility index (Phi) is 3.68. The van der Waals surface area contributed by atoms with Crippen molar-refractivity contribution in [3.63, 3.8) is 0 Å². The van der Waals surface area contributed by atoms with Crippen LogP contribution < -0.4 is 10.6 Å². The smallest absolute Gasteiger partial charge is 0.319 e. The quantitative estimate of drug-likeness (QED) is 0.837. The maximum absolute atomic E-state index is 11.0. The number of pyridine rings is 1. The van der Waals surface area contributed by atoms with Crippen molar-refractivity contribution in [1.82, 2.24) is 10.3 Å². The number of halogens is 2. The zero-order chi connectivity index (χ0) is 9.84. The molecule has 0 radical (unpaired) electrons. The summed E-state index contributed by atoms with van der Waals surface area (Å²) in [5, 5.41) is 5.06. The molecule has 0 aliphatic heterocycles. The van der Waals surface area contributed by atoms with Crippen molar-refractivity contribution < 1.29 is 4.79 Å². The van der Waals surface area contributed by atoms with Crippen LogP contribution >= 0.6 is 31.9 Å². The van der Waals surface area contributed by atoms with Crippen molar-refractivity contribution >= 4 is 43.6 Å². The summed E-state index contributed by atoms with van der Waals surface area (Å²) in [7, 11) is 1.55. The van der Waals surface area contributed by atoms with Gasteiger partial charge in [0.05, 0.1) is 20.8 Å². The van der Waals surface area contributed by atoms with Gasteiger partial charge in [0.25, 0.3) is 0 Å². The first kappa shape index (κ1) is 10.5. The number of hydrogen-bond acceptors (Lipinski definition) is 2. The van der Waals surface area contributed by atoms with Gasteiger partial charge in [-0.05, 0) is 31.9 Å². The molecule has 4 nitrogen and oxygen atoms in total.